The summed E-state index contributed by atoms with van der Waals surface area (Å²) in [6, 6.07) is 3.10. The van der Waals surface area contributed by atoms with E-state index in [0.29, 0.717) is 12.1 Å². The van der Waals surface area contributed by atoms with Crippen LogP contribution in [0.15, 0.2) is 18.3 Å². The number of rotatable bonds is 12. The quantitative estimate of drug-likeness (QED) is 0.447. The highest BCUT2D eigenvalue weighted by atomic mass is 16.5. The number of unbranched alkanes of at least 4 members (excludes halogenated alkanes) is 6. The lowest BCUT2D eigenvalue weighted by Gasteiger charge is -2.13. The van der Waals surface area contributed by atoms with E-state index >= 15 is 0 Å². The average molecular weight is 335 g/mol. The van der Waals surface area contributed by atoms with Crippen LogP contribution in [0.5, 0.6) is 0 Å². The van der Waals surface area contributed by atoms with Crippen LogP contribution in [-0.4, -0.2) is 28.6 Å². The largest absolute Gasteiger partial charge is 0.478 e. The Labute approximate surface area is 144 Å². The molecule has 134 valence electrons. The number of aromatic nitrogens is 1. The molecule has 0 bridgehead atoms. The van der Waals surface area contributed by atoms with Crippen LogP contribution in [0.2, 0.25) is 0 Å². The predicted molar refractivity (Wildman–Crippen MR) is 93.2 cm³/mol. The Hall–Kier alpha value is -1.91. The fraction of sp³-hybridized carbons (Fsp3) is 0.632. The number of pyridine rings is 1. The molecule has 24 heavy (non-hydrogen) atoms. The van der Waals surface area contributed by atoms with Crippen molar-refractivity contribution >= 4 is 11.9 Å². The molecule has 1 aromatic heterocycles. The molecule has 0 aromatic carbocycles. The number of esters is 1. The molecule has 5 heteroatoms. The second-order valence-electron chi connectivity index (χ2n) is 6.20. The first kappa shape index (κ1) is 20.1. The Morgan fingerprint density at radius 3 is 2.50 bits per heavy atom. The Morgan fingerprint density at radius 2 is 1.83 bits per heavy atom. The SMILES string of the molecule is CCCCCCCCCC(=O)OCC(C)c1ncccc1C(=O)O. The van der Waals surface area contributed by atoms with E-state index in [2.05, 4.69) is 11.9 Å². The summed E-state index contributed by atoms with van der Waals surface area (Å²) in [6.45, 7) is 4.17. The van der Waals surface area contributed by atoms with E-state index in [4.69, 9.17) is 9.84 Å². The summed E-state index contributed by atoms with van der Waals surface area (Å²) < 4.78 is 5.27. The van der Waals surface area contributed by atoms with Gasteiger partial charge in [0.25, 0.3) is 0 Å². The molecule has 1 N–H and O–H groups in total. The van der Waals surface area contributed by atoms with Crippen LogP contribution in [0.25, 0.3) is 0 Å². The second-order valence-corrected chi connectivity index (χ2v) is 6.20. The molecule has 0 spiro atoms. The van der Waals surface area contributed by atoms with Gasteiger partial charge in [-0.25, -0.2) is 4.79 Å². The highest BCUT2D eigenvalue weighted by molar-refractivity contribution is 5.89. The van der Waals surface area contributed by atoms with Gasteiger partial charge in [-0.05, 0) is 18.6 Å². The van der Waals surface area contributed by atoms with Crippen molar-refractivity contribution in [3.05, 3.63) is 29.6 Å². The number of ether oxygens (including phenoxy) is 1. The molecule has 1 unspecified atom stereocenters. The normalized spacial score (nSPS) is 11.9. The van der Waals surface area contributed by atoms with Crippen molar-refractivity contribution in [1.82, 2.24) is 4.98 Å². The monoisotopic (exact) mass is 335 g/mol. The Bertz CT molecular complexity index is 516. The molecule has 0 fully saturated rings. The van der Waals surface area contributed by atoms with E-state index in [-0.39, 0.29) is 24.1 Å². The van der Waals surface area contributed by atoms with Gasteiger partial charge in [0, 0.05) is 18.5 Å². The lowest BCUT2D eigenvalue weighted by Crippen LogP contribution is -2.15. The van der Waals surface area contributed by atoms with E-state index in [9.17, 15) is 9.59 Å². The molecular weight excluding hydrogens is 306 g/mol. The van der Waals surface area contributed by atoms with Crippen LogP contribution < -0.4 is 0 Å². The number of hydrogen-bond acceptors (Lipinski definition) is 4. The maximum atomic E-state index is 11.8. The second kappa shape index (κ2) is 11.6. The van der Waals surface area contributed by atoms with Gasteiger partial charge in [0.05, 0.1) is 17.9 Å². The van der Waals surface area contributed by atoms with Crippen LogP contribution in [-0.2, 0) is 9.53 Å². The third kappa shape index (κ3) is 7.57. The lowest BCUT2D eigenvalue weighted by molar-refractivity contribution is -0.144. The standard InChI is InChI=1S/C19H29NO4/c1-3-4-5-6-7-8-9-12-17(21)24-14-15(2)18-16(19(22)23)11-10-13-20-18/h10-11,13,15H,3-9,12,14H2,1-2H3,(H,22,23). The predicted octanol–water partition coefficient (Wildman–Crippen LogP) is 4.57. The van der Waals surface area contributed by atoms with Crippen LogP contribution >= 0.6 is 0 Å². The Balaban J connectivity index is 2.26. The molecule has 0 aliphatic heterocycles. The Kier molecular flexibility index (Phi) is 9.73. The summed E-state index contributed by atoms with van der Waals surface area (Å²) >= 11 is 0. The summed E-state index contributed by atoms with van der Waals surface area (Å²) in [5.74, 6) is -1.47. The smallest absolute Gasteiger partial charge is 0.337 e. The molecule has 0 amide bonds. The zero-order valence-corrected chi connectivity index (χ0v) is 14.8. The van der Waals surface area contributed by atoms with Gasteiger partial charge in [-0.15, -0.1) is 0 Å². The minimum atomic E-state index is -1.01. The lowest BCUT2D eigenvalue weighted by atomic mass is 10.0. The molecule has 5 nitrogen and oxygen atoms in total. The number of nitrogens with zero attached hydrogens (tertiary/aromatic N) is 1. The highest BCUT2D eigenvalue weighted by Gasteiger charge is 2.18. The number of hydrogen-bond donors (Lipinski definition) is 1. The number of aromatic carboxylic acids is 1. The third-order valence-electron chi connectivity index (χ3n) is 4.01. The van der Waals surface area contributed by atoms with Crippen LogP contribution in [0.4, 0.5) is 0 Å². The maximum absolute atomic E-state index is 11.8. The minimum Gasteiger partial charge on any atom is -0.478 e. The van der Waals surface area contributed by atoms with Crippen LogP contribution in [0, 0.1) is 0 Å². The van der Waals surface area contributed by atoms with Crippen LogP contribution in [0.1, 0.15) is 87.2 Å². The molecule has 0 radical (unpaired) electrons. The van der Waals surface area contributed by atoms with E-state index in [0.717, 1.165) is 12.8 Å². The van der Waals surface area contributed by atoms with E-state index in [1.165, 1.54) is 38.2 Å². The zero-order valence-electron chi connectivity index (χ0n) is 14.8. The first-order valence-electron chi connectivity index (χ1n) is 8.90. The fourth-order valence-electron chi connectivity index (χ4n) is 2.59. The van der Waals surface area contributed by atoms with Crippen molar-refractivity contribution in [3.63, 3.8) is 0 Å². The first-order valence-corrected chi connectivity index (χ1v) is 8.90. The molecule has 1 aromatic rings. The average Bonchev–Trinajstić information content (AvgIpc) is 2.58. The zero-order chi connectivity index (χ0) is 17.8. The fourth-order valence-corrected chi connectivity index (χ4v) is 2.59. The van der Waals surface area contributed by atoms with Gasteiger partial charge < -0.3 is 9.84 Å². The van der Waals surface area contributed by atoms with Gasteiger partial charge in [0.2, 0.25) is 0 Å². The van der Waals surface area contributed by atoms with Crippen LogP contribution in [0.3, 0.4) is 0 Å². The van der Waals surface area contributed by atoms with E-state index in [1.54, 1.807) is 12.3 Å². The molecule has 0 aliphatic carbocycles. The van der Waals surface area contributed by atoms with Gasteiger partial charge in [-0.3, -0.25) is 9.78 Å². The van der Waals surface area contributed by atoms with Gasteiger partial charge in [-0.1, -0.05) is 52.4 Å². The van der Waals surface area contributed by atoms with Crippen molar-refractivity contribution in [2.45, 2.75) is 71.1 Å². The molecule has 1 rings (SSSR count). The number of carbonyl (C=O) groups excluding carboxylic acids is 1. The third-order valence-corrected chi connectivity index (χ3v) is 4.01. The molecule has 1 heterocycles. The van der Waals surface area contributed by atoms with Crippen molar-refractivity contribution in [3.8, 4) is 0 Å². The summed E-state index contributed by atoms with van der Waals surface area (Å²) in [5, 5.41) is 9.16. The van der Waals surface area contributed by atoms with E-state index in [1.807, 2.05) is 6.92 Å². The summed E-state index contributed by atoms with van der Waals surface area (Å²) in [7, 11) is 0. The van der Waals surface area contributed by atoms with Gasteiger partial charge >= 0.3 is 11.9 Å². The summed E-state index contributed by atoms with van der Waals surface area (Å²) in [4.78, 5) is 27.1. The van der Waals surface area contributed by atoms with Gasteiger partial charge in [-0.2, -0.15) is 0 Å². The van der Waals surface area contributed by atoms with Gasteiger partial charge in [0.15, 0.2) is 0 Å². The molecule has 0 saturated heterocycles. The van der Waals surface area contributed by atoms with Crippen molar-refractivity contribution in [2.24, 2.45) is 0 Å². The summed E-state index contributed by atoms with van der Waals surface area (Å²) in [5.41, 5.74) is 0.613. The summed E-state index contributed by atoms with van der Waals surface area (Å²) in [6.07, 6.45) is 10.1. The Morgan fingerprint density at radius 1 is 1.17 bits per heavy atom. The molecular formula is C19H29NO4. The van der Waals surface area contributed by atoms with Crippen molar-refractivity contribution in [1.29, 1.82) is 0 Å². The number of carbonyl (C=O) groups is 2. The number of carboxylic acids is 1. The topological polar surface area (TPSA) is 76.5 Å². The first-order chi connectivity index (χ1) is 11.6. The van der Waals surface area contributed by atoms with Crippen molar-refractivity contribution in [2.75, 3.05) is 6.61 Å². The highest BCUT2D eigenvalue weighted by Crippen LogP contribution is 2.18. The molecule has 0 saturated carbocycles. The number of carboxylic acid groups (broad SMARTS) is 1. The maximum Gasteiger partial charge on any atom is 0.337 e. The van der Waals surface area contributed by atoms with Crippen molar-refractivity contribution < 1.29 is 19.4 Å². The minimum absolute atomic E-state index is 0.159. The molecule has 1 atom stereocenters. The van der Waals surface area contributed by atoms with Gasteiger partial charge in [0.1, 0.15) is 0 Å². The molecule has 0 aliphatic rings. The van der Waals surface area contributed by atoms with E-state index < -0.39 is 5.97 Å².